The zero-order valence-electron chi connectivity index (χ0n) is 8.90. The predicted molar refractivity (Wildman–Crippen MR) is 69.6 cm³/mol. The number of hydrogen-bond donors (Lipinski definition) is 2. The SMILES string of the molecule is CCCC1=CNC2C(O)=C(I)C=CN2C1=O. The third-order valence-electron chi connectivity index (χ3n) is 2.61. The lowest BCUT2D eigenvalue weighted by Crippen LogP contribution is -2.50. The number of aliphatic hydroxyl groups is 1. The number of fused-ring (bicyclic) bond motifs is 1. The molecule has 2 N–H and O–H groups in total. The number of halogens is 1. The number of amides is 1. The summed E-state index contributed by atoms with van der Waals surface area (Å²) in [5, 5.41) is 12.9. The Labute approximate surface area is 108 Å². The molecule has 0 bridgehead atoms. The Morgan fingerprint density at radius 3 is 3.06 bits per heavy atom. The number of nitrogens with zero attached hydrogens (tertiary/aromatic N) is 1. The van der Waals surface area contributed by atoms with E-state index < -0.39 is 6.17 Å². The normalized spacial score (nSPS) is 24.1. The first-order valence-corrected chi connectivity index (χ1v) is 6.27. The monoisotopic (exact) mass is 332 g/mol. The number of allylic oxidation sites excluding steroid dienone is 2. The van der Waals surface area contributed by atoms with Crippen molar-refractivity contribution in [2.24, 2.45) is 0 Å². The quantitative estimate of drug-likeness (QED) is 0.762. The fourth-order valence-corrected chi connectivity index (χ4v) is 2.24. The van der Waals surface area contributed by atoms with Crippen LogP contribution in [-0.4, -0.2) is 22.1 Å². The molecule has 16 heavy (non-hydrogen) atoms. The lowest BCUT2D eigenvalue weighted by atomic mass is 10.1. The summed E-state index contributed by atoms with van der Waals surface area (Å²) in [7, 11) is 0. The van der Waals surface area contributed by atoms with E-state index in [-0.39, 0.29) is 11.7 Å². The minimum Gasteiger partial charge on any atom is -0.507 e. The van der Waals surface area contributed by atoms with Gasteiger partial charge in [0, 0.05) is 18.0 Å². The Hall–Kier alpha value is -0.980. The van der Waals surface area contributed by atoms with Crippen molar-refractivity contribution in [3.63, 3.8) is 0 Å². The molecule has 1 amide bonds. The van der Waals surface area contributed by atoms with E-state index in [1.165, 1.54) is 4.90 Å². The van der Waals surface area contributed by atoms with Crippen molar-refractivity contribution in [3.05, 3.63) is 33.4 Å². The number of carbonyl (C=O) groups excluding carboxylic acids is 1. The summed E-state index contributed by atoms with van der Waals surface area (Å²) < 4.78 is 0.756. The fraction of sp³-hybridized carbons (Fsp3) is 0.364. The van der Waals surface area contributed by atoms with Crippen molar-refractivity contribution in [1.82, 2.24) is 10.2 Å². The van der Waals surface area contributed by atoms with Gasteiger partial charge in [-0.1, -0.05) is 13.3 Å². The molecule has 0 radical (unpaired) electrons. The standard InChI is InChI=1S/C11H13IN2O2/c1-2-3-7-6-13-10-9(15)8(12)4-5-14(10)11(7)16/h4-6,10,13,15H,2-3H2,1H3. The van der Waals surface area contributed by atoms with Gasteiger partial charge in [-0.15, -0.1) is 0 Å². The van der Waals surface area contributed by atoms with E-state index in [1.54, 1.807) is 18.5 Å². The van der Waals surface area contributed by atoms with Crippen molar-refractivity contribution >= 4 is 28.5 Å². The van der Waals surface area contributed by atoms with Gasteiger partial charge in [0.2, 0.25) is 0 Å². The van der Waals surface area contributed by atoms with Crippen LogP contribution in [0.4, 0.5) is 0 Å². The fourth-order valence-electron chi connectivity index (χ4n) is 1.78. The number of nitrogens with one attached hydrogen (secondary N) is 1. The number of carbonyl (C=O) groups is 1. The topological polar surface area (TPSA) is 52.6 Å². The molecular formula is C11H13IN2O2. The molecule has 86 valence electrons. The molecule has 0 aromatic rings. The van der Waals surface area contributed by atoms with Gasteiger partial charge in [0.15, 0.2) is 6.17 Å². The van der Waals surface area contributed by atoms with Crippen LogP contribution in [-0.2, 0) is 4.79 Å². The molecule has 0 aromatic carbocycles. The molecule has 0 saturated carbocycles. The second-order valence-corrected chi connectivity index (χ2v) is 4.91. The molecule has 0 fully saturated rings. The largest absolute Gasteiger partial charge is 0.507 e. The molecule has 2 aliphatic rings. The summed E-state index contributed by atoms with van der Waals surface area (Å²) in [6, 6.07) is 0. The number of hydrogen-bond acceptors (Lipinski definition) is 3. The molecular weight excluding hydrogens is 319 g/mol. The van der Waals surface area contributed by atoms with Crippen LogP contribution in [0, 0.1) is 0 Å². The first-order valence-electron chi connectivity index (χ1n) is 5.19. The Morgan fingerprint density at radius 2 is 2.38 bits per heavy atom. The van der Waals surface area contributed by atoms with Gasteiger partial charge in [-0.05, 0) is 35.1 Å². The van der Waals surface area contributed by atoms with Gasteiger partial charge >= 0.3 is 0 Å². The van der Waals surface area contributed by atoms with Crippen LogP contribution < -0.4 is 5.32 Å². The van der Waals surface area contributed by atoms with Crippen molar-refractivity contribution in [2.75, 3.05) is 0 Å². The highest BCUT2D eigenvalue weighted by molar-refractivity contribution is 14.1. The molecule has 0 saturated heterocycles. The Bertz CT molecular complexity index is 412. The molecule has 1 atom stereocenters. The lowest BCUT2D eigenvalue weighted by molar-refractivity contribution is -0.127. The third kappa shape index (κ3) is 1.83. The average Bonchev–Trinajstić information content (AvgIpc) is 2.28. The number of rotatable bonds is 2. The Balaban J connectivity index is 2.28. The maximum absolute atomic E-state index is 12.0. The minimum atomic E-state index is -0.440. The second-order valence-electron chi connectivity index (χ2n) is 3.75. The minimum absolute atomic E-state index is 0.0303. The van der Waals surface area contributed by atoms with Gasteiger partial charge < -0.3 is 10.4 Å². The van der Waals surface area contributed by atoms with E-state index in [4.69, 9.17) is 0 Å². The summed E-state index contributed by atoms with van der Waals surface area (Å²) in [6.45, 7) is 2.03. The van der Waals surface area contributed by atoms with Crippen LogP contribution in [0.3, 0.4) is 0 Å². The summed E-state index contributed by atoms with van der Waals surface area (Å²) in [5.74, 6) is 0.167. The molecule has 5 heteroatoms. The van der Waals surface area contributed by atoms with E-state index in [9.17, 15) is 9.90 Å². The van der Waals surface area contributed by atoms with Crippen LogP contribution in [0.25, 0.3) is 0 Å². The number of aliphatic hydroxyl groups excluding tert-OH is 1. The highest BCUT2D eigenvalue weighted by Gasteiger charge is 2.33. The molecule has 0 spiro atoms. The van der Waals surface area contributed by atoms with Gasteiger partial charge in [0.25, 0.3) is 5.91 Å². The van der Waals surface area contributed by atoms with Crippen LogP contribution in [0.2, 0.25) is 0 Å². The zero-order valence-corrected chi connectivity index (χ0v) is 11.1. The van der Waals surface area contributed by atoms with E-state index in [0.29, 0.717) is 0 Å². The van der Waals surface area contributed by atoms with Crippen molar-refractivity contribution in [3.8, 4) is 0 Å². The van der Waals surface area contributed by atoms with Gasteiger partial charge in [-0.25, -0.2) is 0 Å². The molecule has 2 heterocycles. The first-order chi connectivity index (χ1) is 7.65. The summed E-state index contributed by atoms with van der Waals surface area (Å²) in [4.78, 5) is 13.6. The predicted octanol–water partition coefficient (Wildman–Crippen LogP) is 2.16. The second kappa shape index (κ2) is 4.48. The molecule has 2 aliphatic heterocycles. The van der Waals surface area contributed by atoms with E-state index >= 15 is 0 Å². The van der Waals surface area contributed by atoms with Crippen LogP contribution in [0.1, 0.15) is 19.8 Å². The van der Waals surface area contributed by atoms with Crippen LogP contribution in [0.15, 0.2) is 33.4 Å². The molecule has 0 aromatic heterocycles. The average molecular weight is 332 g/mol. The molecule has 4 nitrogen and oxygen atoms in total. The third-order valence-corrected chi connectivity index (χ3v) is 3.52. The van der Waals surface area contributed by atoms with Crippen molar-refractivity contribution in [2.45, 2.75) is 25.9 Å². The van der Waals surface area contributed by atoms with Gasteiger partial charge in [0.1, 0.15) is 5.76 Å². The van der Waals surface area contributed by atoms with Crippen molar-refractivity contribution in [1.29, 1.82) is 0 Å². The molecule has 0 aliphatic carbocycles. The lowest BCUT2D eigenvalue weighted by Gasteiger charge is -2.35. The maximum Gasteiger partial charge on any atom is 0.257 e. The van der Waals surface area contributed by atoms with Crippen molar-refractivity contribution < 1.29 is 9.90 Å². The Morgan fingerprint density at radius 1 is 1.62 bits per heavy atom. The molecule has 1 unspecified atom stereocenters. The van der Waals surface area contributed by atoms with E-state index in [0.717, 1.165) is 22.0 Å². The van der Waals surface area contributed by atoms with E-state index in [1.807, 2.05) is 29.5 Å². The summed E-state index contributed by atoms with van der Waals surface area (Å²) >= 11 is 2.04. The summed E-state index contributed by atoms with van der Waals surface area (Å²) in [5.41, 5.74) is 0.758. The first kappa shape index (κ1) is 11.5. The highest BCUT2D eigenvalue weighted by Crippen LogP contribution is 2.27. The van der Waals surface area contributed by atoms with Gasteiger partial charge in [-0.2, -0.15) is 0 Å². The highest BCUT2D eigenvalue weighted by atomic mass is 127. The Kier molecular flexibility index (Phi) is 3.22. The van der Waals surface area contributed by atoms with Gasteiger partial charge in [0.05, 0.1) is 3.58 Å². The molecule has 2 rings (SSSR count). The zero-order chi connectivity index (χ0) is 11.7. The van der Waals surface area contributed by atoms with E-state index in [2.05, 4.69) is 5.32 Å². The smallest absolute Gasteiger partial charge is 0.257 e. The van der Waals surface area contributed by atoms with Crippen LogP contribution in [0.5, 0.6) is 0 Å². The summed E-state index contributed by atoms with van der Waals surface area (Å²) in [6.07, 6.45) is 6.41. The van der Waals surface area contributed by atoms with Gasteiger partial charge in [-0.3, -0.25) is 9.69 Å². The van der Waals surface area contributed by atoms with Crippen LogP contribution >= 0.6 is 22.6 Å². The maximum atomic E-state index is 12.0.